The minimum Gasteiger partial charge on any atom is -0.489 e. The van der Waals surface area contributed by atoms with Gasteiger partial charge in [-0.1, -0.05) is 69.2 Å². The second-order valence-electron chi connectivity index (χ2n) is 9.79. The summed E-state index contributed by atoms with van der Waals surface area (Å²) in [6.45, 7) is 4.01. The highest BCUT2D eigenvalue weighted by Crippen LogP contribution is 2.16. The van der Waals surface area contributed by atoms with Gasteiger partial charge in [-0.15, -0.1) is 0 Å². The summed E-state index contributed by atoms with van der Waals surface area (Å²) in [5.74, 6) is -0.0843. The van der Waals surface area contributed by atoms with Crippen molar-refractivity contribution < 1.29 is 29.0 Å². The number of esters is 1. The van der Waals surface area contributed by atoms with E-state index in [2.05, 4.69) is 15.4 Å². The molecule has 8 nitrogen and oxygen atoms in total. The molecular formula is C30H42N2O6. The number of carbonyl (C=O) groups is 3. The van der Waals surface area contributed by atoms with Crippen molar-refractivity contribution in [1.82, 2.24) is 10.6 Å². The van der Waals surface area contributed by atoms with E-state index in [9.17, 15) is 19.5 Å². The third-order valence-corrected chi connectivity index (χ3v) is 6.25. The van der Waals surface area contributed by atoms with Crippen LogP contribution in [0.1, 0.15) is 63.5 Å². The Kier molecular flexibility index (Phi) is 13.9. The third-order valence-electron chi connectivity index (χ3n) is 6.25. The van der Waals surface area contributed by atoms with Crippen LogP contribution in [0.15, 0.2) is 54.6 Å². The first-order valence-electron chi connectivity index (χ1n) is 13.4. The number of carbonyl (C=O) groups excluding carboxylic acids is 3. The van der Waals surface area contributed by atoms with E-state index in [0.29, 0.717) is 32.3 Å². The van der Waals surface area contributed by atoms with Gasteiger partial charge in [-0.2, -0.15) is 0 Å². The Morgan fingerprint density at radius 3 is 2.11 bits per heavy atom. The van der Waals surface area contributed by atoms with Gasteiger partial charge in [0.2, 0.25) is 11.8 Å². The summed E-state index contributed by atoms with van der Waals surface area (Å²) in [5, 5.41) is 15.6. The fraction of sp³-hybridized carbons (Fsp3) is 0.500. The van der Waals surface area contributed by atoms with Crippen molar-refractivity contribution in [3.8, 4) is 5.75 Å². The van der Waals surface area contributed by atoms with E-state index in [1.165, 1.54) is 7.11 Å². The summed E-state index contributed by atoms with van der Waals surface area (Å²) < 4.78 is 10.4. The number of nitrogens with one attached hydrogen (secondary N) is 2. The van der Waals surface area contributed by atoms with Crippen LogP contribution in [0.4, 0.5) is 0 Å². The van der Waals surface area contributed by atoms with Crippen LogP contribution in [-0.4, -0.2) is 48.7 Å². The molecule has 0 aromatic heterocycles. The van der Waals surface area contributed by atoms with Crippen molar-refractivity contribution in [2.45, 2.75) is 77.5 Å². The molecule has 0 aliphatic carbocycles. The Labute approximate surface area is 226 Å². The van der Waals surface area contributed by atoms with Gasteiger partial charge in [0.05, 0.1) is 19.8 Å². The van der Waals surface area contributed by atoms with Gasteiger partial charge in [-0.3, -0.25) is 14.4 Å². The molecule has 2 amide bonds. The molecular weight excluding hydrogens is 484 g/mol. The zero-order valence-corrected chi connectivity index (χ0v) is 22.8. The Hall–Kier alpha value is -3.39. The molecule has 0 aliphatic heterocycles. The number of benzene rings is 2. The summed E-state index contributed by atoms with van der Waals surface area (Å²) in [6.07, 6.45) is 4.24. The van der Waals surface area contributed by atoms with Gasteiger partial charge >= 0.3 is 5.97 Å². The van der Waals surface area contributed by atoms with Gasteiger partial charge in [0.15, 0.2) is 0 Å². The van der Waals surface area contributed by atoms with Crippen molar-refractivity contribution in [2.75, 3.05) is 13.7 Å². The summed E-state index contributed by atoms with van der Waals surface area (Å²) >= 11 is 0. The average Bonchev–Trinajstić information content (AvgIpc) is 2.92. The van der Waals surface area contributed by atoms with Crippen molar-refractivity contribution in [3.05, 3.63) is 65.7 Å². The molecule has 38 heavy (non-hydrogen) atoms. The molecule has 3 N–H and O–H groups in total. The lowest BCUT2D eigenvalue weighted by atomic mass is 10.0. The van der Waals surface area contributed by atoms with Crippen LogP contribution in [0, 0.1) is 5.92 Å². The van der Waals surface area contributed by atoms with Crippen molar-refractivity contribution in [2.24, 2.45) is 5.92 Å². The largest absolute Gasteiger partial charge is 0.489 e. The summed E-state index contributed by atoms with van der Waals surface area (Å²) in [6, 6.07) is 16.3. The zero-order chi connectivity index (χ0) is 27.8. The molecule has 208 valence electrons. The molecule has 0 fully saturated rings. The first kappa shape index (κ1) is 30.8. The predicted octanol–water partition coefficient (Wildman–Crippen LogP) is 3.94. The number of methoxy groups -OCH3 is 1. The number of hydrogen-bond donors (Lipinski definition) is 3. The molecule has 0 bridgehead atoms. The number of amides is 2. The van der Waals surface area contributed by atoms with Crippen LogP contribution >= 0.6 is 0 Å². The van der Waals surface area contributed by atoms with E-state index >= 15 is 0 Å². The van der Waals surface area contributed by atoms with E-state index in [0.717, 1.165) is 36.1 Å². The molecule has 8 heteroatoms. The van der Waals surface area contributed by atoms with E-state index in [-0.39, 0.29) is 30.3 Å². The molecule has 0 aliphatic rings. The Morgan fingerprint density at radius 1 is 0.842 bits per heavy atom. The zero-order valence-electron chi connectivity index (χ0n) is 22.8. The van der Waals surface area contributed by atoms with Crippen LogP contribution in [0.5, 0.6) is 5.75 Å². The van der Waals surface area contributed by atoms with Gasteiger partial charge in [0.1, 0.15) is 18.4 Å². The lowest BCUT2D eigenvalue weighted by Gasteiger charge is -2.25. The highest BCUT2D eigenvalue weighted by molar-refractivity contribution is 5.88. The number of rotatable bonds is 17. The van der Waals surface area contributed by atoms with Gasteiger partial charge in [-0.25, -0.2) is 0 Å². The number of hydrogen-bond acceptors (Lipinski definition) is 6. The predicted molar refractivity (Wildman–Crippen MR) is 146 cm³/mol. The topological polar surface area (TPSA) is 114 Å². The molecule has 0 saturated heterocycles. The van der Waals surface area contributed by atoms with Gasteiger partial charge < -0.3 is 25.2 Å². The SMILES string of the molecule is COC(=O)CCCCCCC(=O)N[C@H](C(=O)NC(CO)Cc1ccc(OCc2ccccc2)cc1)C(C)C. The van der Waals surface area contributed by atoms with Crippen LogP contribution in [0.2, 0.25) is 0 Å². The molecule has 0 heterocycles. The van der Waals surface area contributed by atoms with E-state index in [1.54, 1.807) is 0 Å². The number of aliphatic hydroxyl groups excluding tert-OH is 1. The third kappa shape index (κ3) is 11.8. The average molecular weight is 527 g/mol. The molecule has 2 aromatic rings. The van der Waals surface area contributed by atoms with Gasteiger partial charge in [0, 0.05) is 12.8 Å². The summed E-state index contributed by atoms with van der Waals surface area (Å²) in [5.41, 5.74) is 2.04. The van der Waals surface area contributed by atoms with Gasteiger partial charge in [0.25, 0.3) is 0 Å². The number of ether oxygens (including phenoxy) is 2. The van der Waals surface area contributed by atoms with Crippen LogP contribution in [-0.2, 0) is 32.1 Å². The van der Waals surface area contributed by atoms with E-state index in [4.69, 9.17) is 4.74 Å². The minimum absolute atomic E-state index is 0.112. The number of unbranched alkanes of at least 4 members (excludes halogenated alkanes) is 3. The Bertz CT molecular complexity index is 978. The minimum atomic E-state index is -0.690. The number of aliphatic hydroxyl groups is 1. The molecule has 2 aromatic carbocycles. The maximum absolute atomic E-state index is 13.0. The summed E-state index contributed by atoms with van der Waals surface area (Å²) in [4.78, 5) is 36.5. The fourth-order valence-corrected chi connectivity index (χ4v) is 3.99. The van der Waals surface area contributed by atoms with Crippen LogP contribution in [0.3, 0.4) is 0 Å². The molecule has 2 rings (SSSR count). The smallest absolute Gasteiger partial charge is 0.305 e. The van der Waals surface area contributed by atoms with Gasteiger partial charge in [-0.05, 0) is 48.4 Å². The second-order valence-corrected chi connectivity index (χ2v) is 9.79. The molecule has 0 radical (unpaired) electrons. The van der Waals surface area contributed by atoms with Crippen molar-refractivity contribution in [1.29, 1.82) is 0 Å². The van der Waals surface area contributed by atoms with Crippen LogP contribution < -0.4 is 15.4 Å². The maximum atomic E-state index is 13.0. The Balaban J connectivity index is 1.78. The van der Waals surface area contributed by atoms with E-state index < -0.39 is 12.1 Å². The summed E-state index contributed by atoms with van der Waals surface area (Å²) in [7, 11) is 1.37. The quantitative estimate of drug-likeness (QED) is 0.213. The fourth-order valence-electron chi connectivity index (χ4n) is 3.99. The standard InChI is InChI=1S/C30H42N2O6/c1-22(2)29(32-27(34)13-9-4-5-10-14-28(35)37-3)30(36)31-25(20-33)19-23-15-17-26(18-16-23)38-21-24-11-7-6-8-12-24/h6-8,11-12,15-18,22,25,29,33H,4-5,9-10,13-14,19-21H2,1-3H3,(H,31,36)(H,32,34)/t25?,29-/m0/s1. The van der Waals surface area contributed by atoms with Crippen molar-refractivity contribution in [3.63, 3.8) is 0 Å². The molecule has 0 saturated carbocycles. The first-order chi connectivity index (χ1) is 18.3. The monoisotopic (exact) mass is 526 g/mol. The lowest BCUT2D eigenvalue weighted by Crippen LogP contribution is -2.53. The molecule has 2 atom stereocenters. The molecule has 0 spiro atoms. The molecule has 1 unspecified atom stereocenters. The second kappa shape index (κ2) is 17.2. The highest BCUT2D eigenvalue weighted by atomic mass is 16.5. The van der Waals surface area contributed by atoms with Crippen molar-refractivity contribution >= 4 is 17.8 Å². The Morgan fingerprint density at radius 2 is 1.50 bits per heavy atom. The van der Waals surface area contributed by atoms with Crippen LogP contribution in [0.25, 0.3) is 0 Å². The highest BCUT2D eigenvalue weighted by Gasteiger charge is 2.26. The lowest BCUT2D eigenvalue weighted by molar-refractivity contribution is -0.140. The maximum Gasteiger partial charge on any atom is 0.305 e. The van der Waals surface area contributed by atoms with E-state index in [1.807, 2.05) is 68.4 Å². The first-order valence-corrected chi connectivity index (χ1v) is 13.4. The normalized spacial score (nSPS) is 12.4.